The van der Waals surface area contributed by atoms with Crippen molar-refractivity contribution in [3.63, 3.8) is 0 Å². The fraction of sp³-hybridized carbons (Fsp3) is 0.364. The molecule has 1 N–H and O–H groups in total. The number of morpholine rings is 1. The van der Waals surface area contributed by atoms with E-state index in [0.717, 1.165) is 41.7 Å². The highest BCUT2D eigenvalue weighted by Crippen LogP contribution is 2.30. The van der Waals surface area contributed by atoms with E-state index in [9.17, 15) is 5.26 Å². The molecule has 2 atom stereocenters. The van der Waals surface area contributed by atoms with Gasteiger partial charge in [-0.3, -0.25) is 4.98 Å². The summed E-state index contributed by atoms with van der Waals surface area (Å²) >= 11 is 0. The molecule has 0 aliphatic carbocycles. The van der Waals surface area contributed by atoms with Crippen molar-refractivity contribution in [3.05, 3.63) is 54.0 Å². The predicted octanol–water partition coefficient (Wildman–Crippen LogP) is 3.16. The Morgan fingerprint density at radius 3 is 2.79 bits per heavy atom. The molecule has 0 unspecified atom stereocenters. The van der Waals surface area contributed by atoms with Crippen molar-refractivity contribution in [2.45, 2.75) is 32.5 Å². The van der Waals surface area contributed by atoms with Gasteiger partial charge in [0.1, 0.15) is 6.07 Å². The number of aryl methyl sites for hydroxylation is 1. The number of nitrogens with one attached hydrogen (secondary N) is 1. The minimum atomic E-state index is -0.00411. The Kier molecular flexibility index (Phi) is 5.54. The quantitative estimate of drug-likeness (QED) is 0.718. The third kappa shape index (κ3) is 4.13. The van der Waals surface area contributed by atoms with E-state index in [2.05, 4.69) is 45.1 Å². The first kappa shape index (κ1) is 19.1. The summed E-state index contributed by atoms with van der Waals surface area (Å²) in [6.07, 6.45) is 6.43. The Hall–Kier alpha value is -3.24. The van der Waals surface area contributed by atoms with E-state index in [1.807, 2.05) is 36.7 Å². The highest BCUT2D eigenvalue weighted by Gasteiger charge is 2.27. The van der Waals surface area contributed by atoms with Gasteiger partial charge < -0.3 is 15.0 Å². The monoisotopic (exact) mass is 388 g/mol. The average molecular weight is 388 g/mol. The van der Waals surface area contributed by atoms with Crippen molar-refractivity contribution in [1.82, 2.24) is 15.0 Å². The fourth-order valence-electron chi connectivity index (χ4n) is 3.71. The smallest absolute Gasteiger partial charge is 0.222 e. The number of aromatic nitrogens is 3. The molecule has 7 nitrogen and oxygen atoms in total. The molecule has 2 aromatic heterocycles. The van der Waals surface area contributed by atoms with Crippen LogP contribution in [0.3, 0.4) is 0 Å². The third-order valence-corrected chi connectivity index (χ3v) is 5.14. The standard InChI is InChI=1S/C22H24N6O/c1-3-16-10-25-22(26-11-16)27-12-18-14-28(13-15(2)29-18)20-7-6-17(9-23)21-19(20)5-4-8-24-21/h4-8,10-11,15,18H,3,12-14H2,1-2H3,(H,25,26,27)/t15-,18-/m1/s1. The van der Waals surface area contributed by atoms with E-state index in [0.29, 0.717) is 18.1 Å². The van der Waals surface area contributed by atoms with Crippen LogP contribution in [-0.2, 0) is 11.2 Å². The summed E-state index contributed by atoms with van der Waals surface area (Å²) in [4.78, 5) is 15.5. The van der Waals surface area contributed by atoms with Crippen LogP contribution in [-0.4, -0.2) is 46.8 Å². The lowest BCUT2D eigenvalue weighted by Crippen LogP contribution is -2.49. The molecule has 29 heavy (non-hydrogen) atoms. The van der Waals surface area contributed by atoms with E-state index >= 15 is 0 Å². The lowest BCUT2D eigenvalue weighted by Gasteiger charge is -2.38. The molecular formula is C22H24N6O. The number of pyridine rings is 1. The molecule has 7 heteroatoms. The van der Waals surface area contributed by atoms with Gasteiger partial charge in [-0.2, -0.15) is 5.26 Å². The van der Waals surface area contributed by atoms with E-state index in [1.165, 1.54) is 0 Å². The molecule has 0 bridgehead atoms. The molecule has 1 fully saturated rings. The van der Waals surface area contributed by atoms with Gasteiger partial charge in [0.25, 0.3) is 0 Å². The summed E-state index contributed by atoms with van der Waals surface area (Å²) in [7, 11) is 0. The molecule has 1 aliphatic rings. The number of anilines is 2. The minimum absolute atomic E-state index is 0.00411. The maximum atomic E-state index is 9.39. The molecule has 0 spiro atoms. The Morgan fingerprint density at radius 2 is 2.03 bits per heavy atom. The number of nitriles is 1. The molecule has 1 aromatic carbocycles. The van der Waals surface area contributed by atoms with Crippen LogP contribution >= 0.6 is 0 Å². The van der Waals surface area contributed by atoms with Crippen molar-refractivity contribution in [2.24, 2.45) is 0 Å². The first-order valence-electron chi connectivity index (χ1n) is 9.91. The zero-order chi connectivity index (χ0) is 20.2. The number of benzene rings is 1. The van der Waals surface area contributed by atoms with Crippen LogP contribution in [0.1, 0.15) is 25.0 Å². The fourth-order valence-corrected chi connectivity index (χ4v) is 3.71. The van der Waals surface area contributed by atoms with Crippen LogP contribution in [0.4, 0.5) is 11.6 Å². The summed E-state index contributed by atoms with van der Waals surface area (Å²) in [6.45, 7) is 6.31. The van der Waals surface area contributed by atoms with Gasteiger partial charge in [-0.25, -0.2) is 9.97 Å². The van der Waals surface area contributed by atoms with Crippen LogP contribution < -0.4 is 10.2 Å². The van der Waals surface area contributed by atoms with Crippen molar-refractivity contribution in [1.29, 1.82) is 5.26 Å². The Labute approximate surface area is 170 Å². The van der Waals surface area contributed by atoms with Gasteiger partial charge in [0, 0.05) is 49.3 Å². The van der Waals surface area contributed by atoms with Crippen molar-refractivity contribution >= 4 is 22.5 Å². The second-order valence-electron chi connectivity index (χ2n) is 7.27. The highest BCUT2D eigenvalue weighted by molar-refractivity contribution is 5.95. The third-order valence-electron chi connectivity index (χ3n) is 5.14. The number of hydrogen-bond acceptors (Lipinski definition) is 7. The van der Waals surface area contributed by atoms with E-state index < -0.39 is 0 Å². The molecule has 148 valence electrons. The normalized spacial score (nSPS) is 19.1. The minimum Gasteiger partial charge on any atom is -0.370 e. The van der Waals surface area contributed by atoms with Gasteiger partial charge in [0.15, 0.2) is 0 Å². The van der Waals surface area contributed by atoms with Crippen molar-refractivity contribution < 1.29 is 4.74 Å². The van der Waals surface area contributed by atoms with E-state index in [4.69, 9.17) is 4.74 Å². The number of ether oxygens (including phenoxy) is 1. The van der Waals surface area contributed by atoms with Crippen LogP contribution in [0.2, 0.25) is 0 Å². The summed E-state index contributed by atoms with van der Waals surface area (Å²) in [5, 5.41) is 13.7. The van der Waals surface area contributed by atoms with Crippen LogP contribution in [0.25, 0.3) is 10.9 Å². The Bertz CT molecular complexity index is 1030. The molecule has 3 aromatic rings. The van der Waals surface area contributed by atoms with Gasteiger partial charge in [-0.1, -0.05) is 6.92 Å². The van der Waals surface area contributed by atoms with Gasteiger partial charge in [0.05, 0.1) is 23.3 Å². The second kappa shape index (κ2) is 8.41. The molecule has 0 saturated carbocycles. The summed E-state index contributed by atoms with van der Waals surface area (Å²) in [5.41, 5.74) is 3.53. The molecule has 4 rings (SSSR count). The first-order chi connectivity index (χ1) is 14.2. The number of rotatable bonds is 5. The first-order valence-corrected chi connectivity index (χ1v) is 9.91. The number of nitrogens with zero attached hydrogens (tertiary/aromatic N) is 5. The lowest BCUT2D eigenvalue weighted by atomic mass is 10.1. The summed E-state index contributed by atoms with van der Waals surface area (Å²) < 4.78 is 6.13. The van der Waals surface area contributed by atoms with Gasteiger partial charge >= 0.3 is 0 Å². The van der Waals surface area contributed by atoms with E-state index in [-0.39, 0.29) is 12.2 Å². The molecular weight excluding hydrogens is 364 g/mol. The maximum Gasteiger partial charge on any atom is 0.222 e. The van der Waals surface area contributed by atoms with Crippen LogP contribution in [0, 0.1) is 11.3 Å². The zero-order valence-corrected chi connectivity index (χ0v) is 16.7. The lowest BCUT2D eigenvalue weighted by molar-refractivity contribution is -0.00827. The molecule has 3 heterocycles. The molecule has 0 radical (unpaired) electrons. The average Bonchev–Trinajstić information content (AvgIpc) is 2.77. The van der Waals surface area contributed by atoms with Gasteiger partial charge in [-0.15, -0.1) is 0 Å². The van der Waals surface area contributed by atoms with Crippen LogP contribution in [0.5, 0.6) is 0 Å². The summed E-state index contributed by atoms with van der Waals surface area (Å²) in [5.74, 6) is 0.614. The zero-order valence-electron chi connectivity index (χ0n) is 16.7. The van der Waals surface area contributed by atoms with Crippen LogP contribution in [0.15, 0.2) is 42.9 Å². The SMILES string of the molecule is CCc1cnc(NC[C@@H]2CN(c3ccc(C#N)c4ncccc34)C[C@@H](C)O2)nc1. The largest absolute Gasteiger partial charge is 0.370 e. The van der Waals surface area contributed by atoms with Crippen molar-refractivity contribution in [3.8, 4) is 6.07 Å². The number of fused-ring (bicyclic) bond motifs is 1. The molecule has 1 aliphatic heterocycles. The van der Waals surface area contributed by atoms with Gasteiger partial charge in [0.2, 0.25) is 5.95 Å². The summed E-state index contributed by atoms with van der Waals surface area (Å²) in [6, 6.07) is 10.0. The Balaban J connectivity index is 1.52. The van der Waals surface area contributed by atoms with E-state index in [1.54, 1.807) is 6.20 Å². The molecule has 0 amide bonds. The van der Waals surface area contributed by atoms with Gasteiger partial charge in [-0.05, 0) is 43.2 Å². The maximum absolute atomic E-state index is 9.39. The Morgan fingerprint density at radius 1 is 1.21 bits per heavy atom. The molecule has 1 saturated heterocycles. The van der Waals surface area contributed by atoms with Crippen molar-refractivity contribution in [2.75, 3.05) is 29.9 Å². The topological polar surface area (TPSA) is 87.0 Å². The second-order valence-corrected chi connectivity index (χ2v) is 7.27. The predicted molar refractivity (Wildman–Crippen MR) is 113 cm³/mol. The number of hydrogen-bond donors (Lipinski definition) is 1. The highest BCUT2D eigenvalue weighted by atomic mass is 16.5.